The molecule has 8 heteroatoms. The Hall–Kier alpha value is -2.38. The lowest BCUT2D eigenvalue weighted by Gasteiger charge is -2.07. The molecule has 1 aromatic heterocycles. The van der Waals surface area contributed by atoms with E-state index in [0.717, 1.165) is 5.56 Å². The van der Waals surface area contributed by atoms with Crippen molar-refractivity contribution in [2.24, 2.45) is 7.05 Å². The smallest absolute Gasteiger partial charge is 0.230 e. The van der Waals surface area contributed by atoms with E-state index in [4.69, 9.17) is 11.6 Å². The maximum Gasteiger partial charge on any atom is 0.230 e. The van der Waals surface area contributed by atoms with Gasteiger partial charge in [-0.15, -0.1) is 10.2 Å². The second-order valence-electron chi connectivity index (χ2n) is 5.50. The third-order valence-corrected chi connectivity index (χ3v) is 5.10. The molecule has 0 aliphatic heterocycles. The minimum absolute atomic E-state index is 0.148. The third kappa shape index (κ3) is 4.23. The van der Waals surface area contributed by atoms with Crippen LogP contribution in [-0.4, -0.2) is 26.4 Å². The molecule has 1 amide bonds. The Balaban J connectivity index is 1.59. The molecular weight excluding hydrogens is 375 g/mol. The molecule has 3 aromatic rings. The van der Waals surface area contributed by atoms with E-state index in [1.807, 2.05) is 18.2 Å². The minimum atomic E-state index is -0.364. The number of aromatic nitrogens is 3. The first-order valence-corrected chi connectivity index (χ1v) is 9.20. The molecule has 5 nitrogen and oxygen atoms in total. The van der Waals surface area contributed by atoms with Crippen LogP contribution < -0.4 is 5.32 Å². The molecule has 0 saturated carbocycles. The van der Waals surface area contributed by atoms with Gasteiger partial charge in [0.25, 0.3) is 0 Å². The highest BCUT2D eigenvalue weighted by Gasteiger charge is 2.15. The van der Waals surface area contributed by atoms with Gasteiger partial charge in [0.1, 0.15) is 5.82 Å². The fraction of sp³-hybridized carbons (Fsp3) is 0.167. The van der Waals surface area contributed by atoms with Gasteiger partial charge in [0.2, 0.25) is 5.91 Å². The summed E-state index contributed by atoms with van der Waals surface area (Å²) in [5.41, 5.74) is 1.23. The number of hydrogen-bond acceptors (Lipinski definition) is 4. The summed E-state index contributed by atoms with van der Waals surface area (Å²) in [6.07, 6.45) is 0. The number of halogens is 2. The molecule has 26 heavy (non-hydrogen) atoms. The van der Waals surface area contributed by atoms with E-state index in [1.54, 1.807) is 35.9 Å². The number of hydrogen-bond donors (Lipinski definition) is 1. The van der Waals surface area contributed by atoms with Crippen LogP contribution >= 0.6 is 23.4 Å². The first-order valence-electron chi connectivity index (χ1n) is 7.83. The van der Waals surface area contributed by atoms with Gasteiger partial charge in [-0.25, -0.2) is 4.39 Å². The summed E-state index contributed by atoms with van der Waals surface area (Å²) in [5.74, 6) is 0.0812. The maximum atomic E-state index is 13.9. The quantitative estimate of drug-likeness (QED) is 0.652. The molecule has 0 spiro atoms. The predicted molar refractivity (Wildman–Crippen MR) is 100 cm³/mol. The van der Waals surface area contributed by atoms with Crippen molar-refractivity contribution in [3.8, 4) is 11.4 Å². The zero-order valence-electron chi connectivity index (χ0n) is 13.9. The molecule has 0 unspecified atom stereocenters. The van der Waals surface area contributed by atoms with Gasteiger partial charge in [-0.3, -0.25) is 4.79 Å². The maximum absolute atomic E-state index is 13.9. The lowest BCUT2D eigenvalue weighted by molar-refractivity contribution is -0.118. The van der Waals surface area contributed by atoms with Gasteiger partial charge in [0, 0.05) is 18.6 Å². The molecule has 1 heterocycles. The number of benzene rings is 2. The molecule has 134 valence electrons. The first-order chi connectivity index (χ1) is 12.6. The van der Waals surface area contributed by atoms with Crippen LogP contribution in [0, 0.1) is 5.82 Å². The fourth-order valence-electron chi connectivity index (χ4n) is 2.33. The number of amides is 1. The van der Waals surface area contributed by atoms with Crippen molar-refractivity contribution in [2.45, 2.75) is 11.7 Å². The first kappa shape index (κ1) is 18.4. The molecule has 0 radical (unpaired) electrons. The molecular formula is C18H16ClFN4OS. The van der Waals surface area contributed by atoms with E-state index in [1.165, 1.54) is 17.8 Å². The van der Waals surface area contributed by atoms with Crippen LogP contribution in [0.25, 0.3) is 11.4 Å². The highest BCUT2D eigenvalue weighted by Crippen LogP contribution is 2.24. The molecule has 0 bridgehead atoms. The van der Waals surface area contributed by atoms with E-state index < -0.39 is 0 Å². The molecule has 1 N–H and O–H groups in total. The van der Waals surface area contributed by atoms with Crippen LogP contribution in [0.3, 0.4) is 0 Å². The van der Waals surface area contributed by atoms with Crippen molar-refractivity contribution in [3.63, 3.8) is 0 Å². The Morgan fingerprint density at radius 1 is 1.19 bits per heavy atom. The van der Waals surface area contributed by atoms with Crippen LogP contribution in [0.4, 0.5) is 4.39 Å². The Morgan fingerprint density at radius 3 is 2.69 bits per heavy atom. The Morgan fingerprint density at radius 2 is 1.92 bits per heavy atom. The van der Waals surface area contributed by atoms with Gasteiger partial charge in [0.05, 0.1) is 11.3 Å². The Bertz CT molecular complexity index is 931. The van der Waals surface area contributed by atoms with Crippen molar-refractivity contribution in [3.05, 3.63) is 64.9 Å². The Labute approximate surface area is 159 Å². The third-order valence-electron chi connectivity index (χ3n) is 3.72. The molecule has 0 fully saturated rings. The number of carbonyl (C=O) groups excluding carboxylic acids is 1. The van der Waals surface area contributed by atoms with E-state index in [9.17, 15) is 9.18 Å². The van der Waals surface area contributed by atoms with Gasteiger partial charge in [-0.2, -0.15) is 0 Å². The van der Waals surface area contributed by atoms with Gasteiger partial charge < -0.3 is 9.88 Å². The van der Waals surface area contributed by atoms with Crippen molar-refractivity contribution in [1.82, 2.24) is 20.1 Å². The van der Waals surface area contributed by atoms with Crippen LogP contribution in [0.5, 0.6) is 0 Å². The summed E-state index contributed by atoms with van der Waals surface area (Å²) in [4.78, 5) is 12.1. The summed E-state index contributed by atoms with van der Waals surface area (Å²) in [6, 6.07) is 13.7. The average Bonchev–Trinajstić information content (AvgIpc) is 3.00. The summed E-state index contributed by atoms with van der Waals surface area (Å²) >= 11 is 7.30. The van der Waals surface area contributed by atoms with Crippen molar-refractivity contribution in [1.29, 1.82) is 0 Å². The largest absolute Gasteiger partial charge is 0.351 e. The SMILES string of the molecule is Cn1c(SCC(=O)NCc2ccccc2Cl)nnc1-c1ccccc1F. The van der Waals surface area contributed by atoms with Crippen molar-refractivity contribution >= 4 is 29.3 Å². The fourth-order valence-corrected chi connectivity index (χ4v) is 3.28. The molecule has 0 aliphatic rings. The van der Waals surface area contributed by atoms with Gasteiger partial charge >= 0.3 is 0 Å². The van der Waals surface area contributed by atoms with Crippen LogP contribution in [-0.2, 0) is 18.4 Å². The van der Waals surface area contributed by atoms with Crippen LogP contribution in [0.2, 0.25) is 5.02 Å². The average molecular weight is 391 g/mol. The zero-order chi connectivity index (χ0) is 18.5. The predicted octanol–water partition coefficient (Wildman–Crippen LogP) is 3.68. The van der Waals surface area contributed by atoms with E-state index >= 15 is 0 Å². The van der Waals surface area contributed by atoms with Crippen LogP contribution in [0.15, 0.2) is 53.7 Å². The molecule has 0 atom stereocenters. The van der Waals surface area contributed by atoms with Crippen molar-refractivity contribution in [2.75, 3.05) is 5.75 Å². The van der Waals surface area contributed by atoms with Crippen LogP contribution in [0.1, 0.15) is 5.56 Å². The van der Waals surface area contributed by atoms with E-state index in [2.05, 4.69) is 15.5 Å². The second kappa shape index (κ2) is 8.33. The number of nitrogens with one attached hydrogen (secondary N) is 1. The normalized spacial score (nSPS) is 10.7. The lowest BCUT2D eigenvalue weighted by Crippen LogP contribution is -2.24. The molecule has 0 aliphatic carbocycles. The number of carbonyl (C=O) groups is 1. The highest BCUT2D eigenvalue weighted by atomic mass is 35.5. The van der Waals surface area contributed by atoms with Crippen molar-refractivity contribution < 1.29 is 9.18 Å². The van der Waals surface area contributed by atoms with Gasteiger partial charge in [-0.05, 0) is 23.8 Å². The monoisotopic (exact) mass is 390 g/mol. The number of rotatable bonds is 6. The molecule has 3 rings (SSSR count). The summed E-state index contributed by atoms with van der Waals surface area (Å²) in [6.45, 7) is 0.359. The summed E-state index contributed by atoms with van der Waals surface area (Å²) in [5, 5.41) is 12.0. The topological polar surface area (TPSA) is 59.8 Å². The summed E-state index contributed by atoms with van der Waals surface area (Å²) in [7, 11) is 1.74. The van der Waals surface area contributed by atoms with E-state index in [0.29, 0.717) is 28.1 Å². The standard InChI is InChI=1S/C18H16ClFN4OS/c1-24-17(13-7-3-5-9-15(13)20)22-23-18(24)26-11-16(25)21-10-12-6-2-4-8-14(12)19/h2-9H,10-11H2,1H3,(H,21,25). The zero-order valence-corrected chi connectivity index (χ0v) is 15.5. The van der Waals surface area contributed by atoms with Gasteiger partial charge in [0.15, 0.2) is 11.0 Å². The van der Waals surface area contributed by atoms with E-state index in [-0.39, 0.29) is 17.5 Å². The minimum Gasteiger partial charge on any atom is -0.351 e. The highest BCUT2D eigenvalue weighted by molar-refractivity contribution is 7.99. The number of thioether (sulfide) groups is 1. The molecule has 0 saturated heterocycles. The summed E-state index contributed by atoms with van der Waals surface area (Å²) < 4.78 is 15.6. The van der Waals surface area contributed by atoms with Gasteiger partial charge in [-0.1, -0.05) is 53.7 Å². The molecule has 2 aromatic carbocycles. The second-order valence-corrected chi connectivity index (χ2v) is 6.85. The lowest BCUT2D eigenvalue weighted by atomic mass is 10.2. The Kier molecular flexibility index (Phi) is 5.90. The number of nitrogens with zero attached hydrogens (tertiary/aromatic N) is 3.